The van der Waals surface area contributed by atoms with Crippen molar-refractivity contribution < 1.29 is 19.4 Å². The number of carbonyl (C=O) groups is 1. The summed E-state index contributed by atoms with van der Waals surface area (Å²) in [6, 6.07) is 17.4. The van der Waals surface area contributed by atoms with Crippen LogP contribution in [0.3, 0.4) is 0 Å². The van der Waals surface area contributed by atoms with E-state index in [1.165, 1.54) is 6.08 Å². The quantitative estimate of drug-likeness (QED) is 0.546. The van der Waals surface area contributed by atoms with Crippen molar-refractivity contribution >= 4 is 12.0 Å². The minimum absolute atomic E-state index is 0.417. The first kappa shape index (κ1) is 20.7. The van der Waals surface area contributed by atoms with Crippen molar-refractivity contribution in [1.82, 2.24) is 0 Å². The molecule has 0 aliphatic rings. The van der Waals surface area contributed by atoms with Crippen LogP contribution >= 0.6 is 0 Å². The van der Waals surface area contributed by atoms with Crippen LogP contribution in [0.4, 0.5) is 0 Å². The molecular weight excluding hydrogens is 340 g/mol. The highest BCUT2D eigenvalue weighted by Crippen LogP contribution is 2.28. The number of aliphatic hydroxyl groups excluding tert-OH is 1. The summed E-state index contributed by atoms with van der Waals surface area (Å²) in [4.78, 5) is 12.2. The Balaban J connectivity index is 2.01. The highest BCUT2D eigenvalue weighted by molar-refractivity contribution is 5.87. The average Bonchev–Trinajstić information content (AvgIpc) is 2.66. The molecule has 0 saturated carbocycles. The fourth-order valence-electron chi connectivity index (χ4n) is 2.35. The molecule has 144 valence electrons. The predicted octanol–water partition coefficient (Wildman–Crippen LogP) is 4.62. The van der Waals surface area contributed by atoms with Gasteiger partial charge in [0.1, 0.15) is 18.5 Å². The number of para-hydroxylation sites is 1. The van der Waals surface area contributed by atoms with Gasteiger partial charge >= 0.3 is 5.97 Å². The molecule has 0 aliphatic carbocycles. The number of hydrogen-bond donors (Lipinski definition) is 1. The van der Waals surface area contributed by atoms with Gasteiger partial charge in [-0.2, -0.15) is 0 Å². The summed E-state index contributed by atoms with van der Waals surface area (Å²) in [5, 5.41) is 9.83. The van der Waals surface area contributed by atoms with Crippen molar-refractivity contribution in [3.63, 3.8) is 0 Å². The van der Waals surface area contributed by atoms with Crippen molar-refractivity contribution in [2.45, 2.75) is 46.5 Å². The SMILES string of the molecule is C[C@H](OC(=O)C=Cc1ccccc1OCc1ccccc1)C(C)(C)[C@@H](C)O. The first-order valence-corrected chi connectivity index (χ1v) is 9.13. The van der Waals surface area contributed by atoms with Gasteiger partial charge in [-0.05, 0) is 31.6 Å². The Morgan fingerprint density at radius 3 is 2.37 bits per heavy atom. The second kappa shape index (κ2) is 9.38. The average molecular weight is 368 g/mol. The van der Waals surface area contributed by atoms with Gasteiger partial charge in [0.05, 0.1) is 6.10 Å². The molecule has 2 atom stereocenters. The number of benzene rings is 2. The summed E-state index contributed by atoms with van der Waals surface area (Å²) >= 11 is 0. The second-order valence-corrected chi connectivity index (χ2v) is 7.22. The molecule has 2 aromatic carbocycles. The maximum atomic E-state index is 12.2. The highest BCUT2D eigenvalue weighted by Gasteiger charge is 2.33. The zero-order chi connectivity index (χ0) is 19.9. The molecule has 0 aliphatic heterocycles. The Bertz CT molecular complexity index is 763. The Hall–Kier alpha value is -2.59. The second-order valence-electron chi connectivity index (χ2n) is 7.22. The van der Waals surface area contributed by atoms with Crippen LogP contribution in [-0.2, 0) is 16.1 Å². The summed E-state index contributed by atoms with van der Waals surface area (Å²) in [6.07, 6.45) is 2.07. The number of carbonyl (C=O) groups excluding carboxylic acids is 1. The lowest BCUT2D eigenvalue weighted by atomic mass is 9.82. The molecule has 0 spiro atoms. The van der Waals surface area contributed by atoms with Gasteiger partial charge in [0, 0.05) is 17.1 Å². The van der Waals surface area contributed by atoms with E-state index in [1.54, 1.807) is 19.9 Å². The Labute approximate surface area is 161 Å². The van der Waals surface area contributed by atoms with Crippen LogP contribution < -0.4 is 4.74 Å². The largest absolute Gasteiger partial charge is 0.488 e. The Kier molecular flexibility index (Phi) is 7.19. The highest BCUT2D eigenvalue weighted by atomic mass is 16.5. The summed E-state index contributed by atoms with van der Waals surface area (Å²) in [6.45, 7) is 7.67. The van der Waals surface area contributed by atoms with Crippen molar-refractivity contribution in [3.8, 4) is 5.75 Å². The molecule has 2 aromatic rings. The number of ether oxygens (including phenoxy) is 2. The van der Waals surface area contributed by atoms with Gasteiger partial charge in [-0.25, -0.2) is 4.79 Å². The summed E-state index contributed by atoms with van der Waals surface area (Å²) in [5.74, 6) is 0.247. The number of rotatable bonds is 8. The van der Waals surface area contributed by atoms with E-state index < -0.39 is 23.6 Å². The lowest BCUT2D eigenvalue weighted by molar-refractivity contribution is -0.151. The van der Waals surface area contributed by atoms with Gasteiger partial charge in [-0.15, -0.1) is 0 Å². The fraction of sp³-hybridized carbons (Fsp3) is 0.348. The molecule has 0 bridgehead atoms. The van der Waals surface area contributed by atoms with Crippen molar-refractivity contribution in [2.24, 2.45) is 5.41 Å². The molecule has 0 unspecified atom stereocenters. The van der Waals surface area contributed by atoms with Gasteiger partial charge in [0.25, 0.3) is 0 Å². The van der Waals surface area contributed by atoms with Crippen molar-refractivity contribution in [3.05, 3.63) is 71.8 Å². The zero-order valence-corrected chi connectivity index (χ0v) is 16.4. The van der Waals surface area contributed by atoms with Gasteiger partial charge in [0.2, 0.25) is 0 Å². The maximum Gasteiger partial charge on any atom is 0.331 e. The van der Waals surface area contributed by atoms with E-state index >= 15 is 0 Å². The van der Waals surface area contributed by atoms with Crippen LogP contribution in [0, 0.1) is 5.41 Å². The Morgan fingerprint density at radius 1 is 1.07 bits per heavy atom. The number of esters is 1. The molecule has 0 fully saturated rings. The van der Waals surface area contributed by atoms with Crippen LogP contribution in [0.5, 0.6) is 5.75 Å². The molecule has 0 saturated heterocycles. The molecule has 1 N–H and O–H groups in total. The predicted molar refractivity (Wildman–Crippen MR) is 107 cm³/mol. The van der Waals surface area contributed by atoms with E-state index in [0.717, 1.165) is 11.1 Å². The van der Waals surface area contributed by atoms with E-state index in [1.807, 2.05) is 68.4 Å². The lowest BCUT2D eigenvalue weighted by Gasteiger charge is -2.33. The van der Waals surface area contributed by atoms with Crippen LogP contribution in [0.1, 0.15) is 38.8 Å². The number of hydrogen-bond acceptors (Lipinski definition) is 4. The Morgan fingerprint density at radius 2 is 1.70 bits per heavy atom. The first-order chi connectivity index (χ1) is 12.8. The van der Waals surface area contributed by atoms with E-state index in [9.17, 15) is 9.90 Å². The van der Waals surface area contributed by atoms with Gasteiger partial charge in [-0.1, -0.05) is 62.4 Å². The third-order valence-electron chi connectivity index (χ3n) is 4.97. The van der Waals surface area contributed by atoms with E-state index in [2.05, 4.69) is 0 Å². The third kappa shape index (κ3) is 5.97. The van der Waals surface area contributed by atoms with Crippen molar-refractivity contribution in [2.75, 3.05) is 0 Å². The standard InChI is InChI=1S/C23H28O4/c1-17(24)23(3,4)18(2)27-22(25)15-14-20-12-8-9-13-21(20)26-16-19-10-6-5-7-11-19/h5-15,17-18,24H,16H2,1-4H3/t17-,18+/m1/s1. The third-order valence-corrected chi connectivity index (χ3v) is 4.97. The molecule has 0 radical (unpaired) electrons. The van der Waals surface area contributed by atoms with E-state index in [4.69, 9.17) is 9.47 Å². The normalized spacial score (nSPS) is 14.0. The zero-order valence-electron chi connectivity index (χ0n) is 16.4. The van der Waals surface area contributed by atoms with Crippen LogP contribution in [0.15, 0.2) is 60.7 Å². The molecular formula is C23H28O4. The summed E-state index contributed by atoms with van der Waals surface area (Å²) in [7, 11) is 0. The number of aliphatic hydroxyl groups is 1. The molecule has 27 heavy (non-hydrogen) atoms. The van der Waals surface area contributed by atoms with Crippen LogP contribution in [0.2, 0.25) is 0 Å². The monoisotopic (exact) mass is 368 g/mol. The summed E-state index contributed by atoms with van der Waals surface area (Å²) < 4.78 is 11.3. The van der Waals surface area contributed by atoms with Crippen molar-refractivity contribution in [1.29, 1.82) is 0 Å². The molecule has 4 nitrogen and oxygen atoms in total. The minimum atomic E-state index is -0.587. The van der Waals surface area contributed by atoms with Gasteiger partial charge < -0.3 is 14.6 Å². The first-order valence-electron chi connectivity index (χ1n) is 9.13. The topological polar surface area (TPSA) is 55.8 Å². The smallest absolute Gasteiger partial charge is 0.331 e. The van der Waals surface area contributed by atoms with Crippen LogP contribution in [-0.4, -0.2) is 23.3 Å². The van der Waals surface area contributed by atoms with E-state index in [-0.39, 0.29) is 0 Å². The summed E-state index contributed by atoms with van der Waals surface area (Å²) in [5.41, 5.74) is 1.35. The molecule has 0 aromatic heterocycles. The van der Waals surface area contributed by atoms with Gasteiger partial charge in [0.15, 0.2) is 0 Å². The molecule has 0 heterocycles. The molecule has 4 heteroatoms. The van der Waals surface area contributed by atoms with Crippen LogP contribution in [0.25, 0.3) is 6.08 Å². The maximum absolute atomic E-state index is 12.2. The molecule has 0 amide bonds. The molecule has 2 rings (SSSR count). The minimum Gasteiger partial charge on any atom is -0.488 e. The fourth-order valence-corrected chi connectivity index (χ4v) is 2.35. The lowest BCUT2D eigenvalue weighted by Crippen LogP contribution is -2.39. The van der Waals surface area contributed by atoms with Gasteiger partial charge in [-0.3, -0.25) is 0 Å². The van der Waals surface area contributed by atoms with E-state index in [0.29, 0.717) is 12.4 Å².